The number of carbonyl (C=O) groups is 2. The van der Waals surface area contributed by atoms with Crippen molar-refractivity contribution in [2.24, 2.45) is 5.92 Å². The summed E-state index contributed by atoms with van der Waals surface area (Å²) in [5.41, 5.74) is 2.19. The van der Waals surface area contributed by atoms with Crippen molar-refractivity contribution in [1.82, 2.24) is 10.6 Å². The maximum absolute atomic E-state index is 12.7. The molecule has 0 radical (unpaired) electrons. The lowest BCUT2D eigenvalue weighted by molar-refractivity contribution is -0.126. The summed E-state index contributed by atoms with van der Waals surface area (Å²) in [6.07, 6.45) is 1.38. The fraction of sp³-hybridized carbons (Fsp3) is 0.333. The zero-order chi connectivity index (χ0) is 18.1. The van der Waals surface area contributed by atoms with Crippen LogP contribution in [0, 0.1) is 5.92 Å². The maximum Gasteiger partial charge on any atom is 0.238 e. The Kier molecular flexibility index (Phi) is 7.36. The first-order valence-corrected chi connectivity index (χ1v) is 8.67. The van der Waals surface area contributed by atoms with Gasteiger partial charge in [0.15, 0.2) is 0 Å². The van der Waals surface area contributed by atoms with Crippen molar-refractivity contribution >= 4 is 12.2 Å². The number of carbonyl (C=O) groups excluding carboxylic acids is 2. The standard InChI is InChI=1S/C21H26N2O2/c1-16(2)20(15-24)23-21(25)19(13-17-9-5-3-6-10-17)22-14-18-11-7-4-8-12-18/h3-12,15-16,19-20,22H,13-14H2,1-2H3,(H,23,25). The van der Waals surface area contributed by atoms with Gasteiger partial charge in [0, 0.05) is 6.54 Å². The van der Waals surface area contributed by atoms with Gasteiger partial charge in [-0.3, -0.25) is 4.79 Å². The van der Waals surface area contributed by atoms with Crippen molar-refractivity contribution in [1.29, 1.82) is 0 Å². The van der Waals surface area contributed by atoms with Crippen molar-refractivity contribution in [3.63, 3.8) is 0 Å². The van der Waals surface area contributed by atoms with Crippen molar-refractivity contribution in [3.8, 4) is 0 Å². The van der Waals surface area contributed by atoms with Crippen molar-refractivity contribution in [2.45, 2.75) is 38.9 Å². The summed E-state index contributed by atoms with van der Waals surface area (Å²) in [6, 6.07) is 19.0. The van der Waals surface area contributed by atoms with Crippen LogP contribution in [0.3, 0.4) is 0 Å². The Morgan fingerprint density at radius 3 is 2.04 bits per heavy atom. The lowest BCUT2D eigenvalue weighted by atomic mass is 10.0. The molecular weight excluding hydrogens is 312 g/mol. The summed E-state index contributed by atoms with van der Waals surface area (Å²) in [5, 5.41) is 6.18. The average molecular weight is 338 g/mol. The molecule has 0 heterocycles. The highest BCUT2D eigenvalue weighted by Gasteiger charge is 2.22. The second-order valence-electron chi connectivity index (χ2n) is 6.52. The second kappa shape index (κ2) is 9.74. The van der Waals surface area contributed by atoms with Gasteiger partial charge in [-0.1, -0.05) is 74.5 Å². The van der Waals surface area contributed by atoms with E-state index >= 15 is 0 Å². The Hall–Kier alpha value is -2.46. The molecule has 0 spiro atoms. The molecule has 0 saturated heterocycles. The quantitative estimate of drug-likeness (QED) is 0.691. The lowest BCUT2D eigenvalue weighted by Crippen LogP contribution is -2.50. The molecule has 1 amide bonds. The number of hydrogen-bond donors (Lipinski definition) is 2. The van der Waals surface area contributed by atoms with Gasteiger partial charge in [0.1, 0.15) is 6.29 Å². The second-order valence-corrected chi connectivity index (χ2v) is 6.52. The van der Waals surface area contributed by atoms with Crippen LogP contribution in [0.25, 0.3) is 0 Å². The van der Waals surface area contributed by atoms with Crippen LogP contribution in [-0.4, -0.2) is 24.3 Å². The topological polar surface area (TPSA) is 58.2 Å². The van der Waals surface area contributed by atoms with E-state index in [9.17, 15) is 9.59 Å². The Morgan fingerprint density at radius 2 is 1.52 bits per heavy atom. The van der Waals surface area contributed by atoms with E-state index in [0.29, 0.717) is 13.0 Å². The Labute approximate surface area is 149 Å². The SMILES string of the molecule is CC(C)C(C=O)NC(=O)C(Cc1ccccc1)NCc1ccccc1. The van der Waals surface area contributed by atoms with Gasteiger partial charge in [-0.2, -0.15) is 0 Å². The van der Waals surface area contributed by atoms with Gasteiger partial charge in [-0.15, -0.1) is 0 Å². The number of benzene rings is 2. The van der Waals surface area contributed by atoms with Crippen LogP contribution in [0.4, 0.5) is 0 Å². The van der Waals surface area contributed by atoms with E-state index in [0.717, 1.165) is 17.4 Å². The smallest absolute Gasteiger partial charge is 0.238 e. The largest absolute Gasteiger partial charge is 0.345 e. The van der Waals surface area contributed by atoms with Gasteiger partial charge in [0.2, 0.25) is 5.91 Å². The molecule has 2 aromatic rings. The molecule has 4 nitrogen and oxygen atoms in total. The summed E-state index contributed by atoms with van der Waals surface area (Å²) < 4.78 is 0. The van der Waals surface area contributed by atoms with E-state index in [1.165, 1.54) is 0 Å². The Balaban J connectivity index is 2.07. The summed E-state index contributed by atoms with van der Waals surface area (Å²) in [4.78, 5) is 23.9. The Morgan fingerprint density at radius 1 is 0.960 bits per heavy atom. The molecule has 132 valence electrons. The lowest BCUT2D eigenvalue weighted by Gasteiger charge is -2.23. The van der Waals surface area contributed by atoms with Gasteiger partial charge in [0.05, 0.1) is 12.1 Å². The molecule has 0 saturated carbocycles. The van der Waals surface area contributed by atoms with Gasteiger partial charge in [0.25, 0.3) is 0 Å². The van der Waals surface area contributed by atoms with Crippen molar-refractivity contribution < 1.29 is 9.59 Å². The molecule has 25 heavy (non-hydrogen) atoms. The fourth-order valence-corrected chi connectivity index (χ4v) is 2.57. The van der Waals surface area contributed by atoms with Crippen LogP contribution in [0.5, 0.6) is 0 Å². The molecule has 2 unspecified atom stereocenters. The number of rotatable bonds is 9. The van der Waals surface area contributed by atoms with Crippen molar-refractivity contribution in [2.75, 3.05) is 0 Å². The highest BCUT2D eigenvalue weighted by atomic mass is 16.2. The van der Waals surface area contributed by atoms with Crippen LogP contribution >= 0.6 is 0 Å². The third-order valence-electron chi connectivity index (χ3n) is 4.17. The minimum absolute atomic E-state index is 0.0629. The molecule has 2 rings (SSSR count). The predicted molar refractivity (Wildman–Crippen MR) is 100 cm³/mol. The molecule has 2 atom stereocenters. The predicted octanol–water partition coefficient (Wildman–Crippen LogP) is 2.73. The third kappa shape index (κ3) is 6.16. The van der Waals surface area contributed by atoms with Gasteiger partial charge >= 0.3 is 0 Å². The van der Waals surface area contributed by atoms with Crippen molar-refractivity contribution in [3.05, 3.63) is 71.8 Å². The third-order valence-corrected chi connectivity index (χ3v) is 4.17. The molecule has 0 aromatic heterocycles. The van der Waals surface area contributed by atoms with E-state index in [4.69, 9.17) is 0 Å². The van der Waals surface area contributed by atoms with E-state index in [-0.39, 0.29) is 11.8 Å². The van der Waals surface area contributed by atoms with E-state index in [1.54, 1.807) is 0 Å². The summed E-state index contributed by atoms with van der Waals surface area (Å²) in [5.74, 6) is -0.0847. The molecule has 0 fully saturated rings. The van der Waals surface area contributed by atoms with Crippen LogP contribution < -0.4 is 10.6 Å². The highest BCUT2D eigenvalue weighted by molar-refractivity contribution is 5.84. The molecule has 0 aliphatic rings. The minimum atomic E-state index is -0.468. The normalized spacial score (nSPS) is 13.2. The average Bonchev–Trinajstić information content (AvgIpc) is 2.64. The minimum Gasteiger partial charge on any atom is -0.345 e. The highest BCUT2D eigenvalue weighted by Crippen LogP contribution is 2.07. The van der Waals surface area contributed by atoms with E-state index < -0.39 is 12.1 Å². The maximum atomic E-state index is 12.7. The monoisotopic (exact) mass is 338 g/mol. The summed E-state index contributed by atoms with van der Waals surface area (Å²) >= 11 is 0. The van der Waals surface area contributed by atoms with Gasteiger partial charge in [-0.05, 0) is 23.5 Å². The van der Waals surface area contributed by atoms with Gasteiger partial charge < -0.3 is 15.4 Å². The van der Waals surface area contributed by atoms with E-state index in [2.05, 4.69) is 10.6 Å². The number of aldehydes is 1. The molecule has 0 bridgehead atoms. The van der Waals surface area contributed by atoms with Crippen LogP contribution in [0.2, 0.25) is 0 Å². The van der Waals surface area contributed by atoms with Gasteiger partial charge in [-0.25, -0.2) is 0 Å². The first-order valence-electron chi connectivity index (χ1n) is 8.67. The number of hydrogen-bond acceptors (Lipinski definition) is 3. The zero-order valence-corrected chi connectivity index (χ0v) is 14.8. The van der Waals surface area contributed by atoms with E-state index in [1.807, 2.05) is 74.5 Å². The first-order chi connectivity index (χ1) is 12.1. The van der Waals surface area contributed by atoms with Crippen LogP contribution in [-0.2, 0) is 22.6 Å². The zero-order valence-electron chi connectivity index (χ0n) is 14.8. The number of amides is 1. The molecule has 4 heteroatoms. The molecule has 2 N–H and O–H groups in total. The molecule has 2 aromatic carbocycles. The molecule has 0 aliphatic carbocycles. The van der Waals surface area contributed by atoms with Crippen LogP contribution in [0.1, 0.15) is 25.0 Å². The van der Waals surface area contributed by atoms with Crippen LogP contribution in [0.15, 0.2) is 60.7 Å². The summed E-state index contributed by atoms with van der Waals surface area (Å²) in [6.45, 7) is 4.44. The summed E-state index contributed by atoms with van der Waals surface area (Å²) in [7, 11) is 0. The molecular formula is C21H26N2O2. The molecule has 0 aliphatic heterocycles. The fourth-order valence-electron chi connectivity index (χ4n) is 2.57. The number of nitrogens with one attached hydrogen (secondary N) is 2. The Bertz CT molecular complexity index is 656. The first kappa shape index (κ1) is 18.9.